The first kappa shape index (κ1) is 19.0. The van der Waals surface area contributed by atoms with Gasteiger partial charge in [-0.2, -0.15) is 0 Å². The van der Waals surface area contributed by atoms with E-state index in [0.29, 0.717) is 17.9 Å². The number of carbonyl (C=O) groups excluding carboxylic acids is 2. The number of ether oxygens (including phenoxy) is 1. The van der Waals surface area contributed by atoms with Crippen LogP contribution in [0.3, 0.4) is 0 Å². The molecule has 0 fully saturated rings. The molecule has 0 saturated carbocycles. The Morgan fingerprint density at radius 3 is 2.64 bits per heavy atom. The van der Waals surface area contributed by atoms with Crippen LogP contribution in [0.1, 0.15) is 44.0 Å². The fraction of sp³-hybridized carbons (Fsp3) is 0.500. The molecule has 0 aromatic heterocycles. The van der Waals surface area contributed by atoms with Crippen molar-refractivity contribution in [2.75, 3.05) is 13.6 Å². The number of hydrogen-bond acceptors (Lipinski definition) is 3. The van der Waals surface area contributed by atoms with Gasteiger partial charge in [0.15, 0.2) is 0 Å². The highest BCUT2D eigenvalue weighted by atomic mass is 16.5. The Morgan fingerprint density at radius 1 is 1.20 bits per heavy atom. The van der Waals surface area contributed by atoms with E-state index in [1.165, 1.54) is 4.90 Å². The normalized spacial score (nSPS) is 24.1. The SMILES string of the molecule is CC(C)[C@H]1C(=O)NCC/C=C/C[C@@H](C)Oc2ccccc2C(=O)N1C. The molecule has 0 spiro atoms. The first-order valence-corrected chi connectivity index (χ1v) is 8.87. The summed E-state index contributed by atoms with van der Waals surface area (Å²) in [5.74, 6) is 0.233. The highest BCUT2D eigenvalue weighted by Gasteiger charge is 2.31. The van der Waals surface area contributed by atoms with E-state index in [1.807, 2.05) is 32.9 Å². The number of fused-ring (bicyclic) bond motifs is 1. The Bertz CT molecular complexity index is 640. The largest absolute Gasteiger partial charge is 0.490 e. The molecule has 1 aliphatic heterocycles. The van der Waals surface area contributed by atoms with E-state index < -0.39 is 6.04 Å². The van der Waals surface area contributed by atoms with Crippen LogP contribution in [0.15, 0.2) is 36.4 Å². The van der Waals surface area contributed by atoms with Crippen LogP contribution in [-0.2, 0) is 4.79 Å². The molecule has 0 unspecified atom stereocenters. The molecule has 5 nitrogen and oxygen atoms in total. The lowest BCUT2D eigenvalue weighted by atomic mass is 10.0. The Kier molecular flexibility index (Phi) is 6.62. The summed E-state index contributed by atoms with van der Waals surface area (Å²) in [6.45, 7) is 6.44. The molecule has 1 aliphatic rings. The molecular formula is C20H28N2O3. The summed E-state index contributed by atoms with van der Waals surface area (Å²) in [4.78, 5) is 27.1. The van der Waals surface area contributed by atoms with Crippen molar-refractivity contribution in [3.8, 4) is 5.75 Å². The first-order chi connectivity index (χ1) is 11.9. The smallest absolute Gasteiger partial charge is 0.258 e. The molecule has 0 aliphatic carbocycles. The van der Waals surface area contributed by atoms with Crippen LogP contribution in [0.25, 0.3) is 0 Å². The minimum Gasteiger partial charge on any atom is -0.490 e. The number of amides is 2. The monoisotopic (exact) mass is 344 g/mol. The van der Waals surface area contributed by atoms with Crippen molar-refractivity contribution in [3.05, 3.63) is 42.0 Å². The maximum absolute atomic E-state index is 13.0. The van der Waals surface area contributed by atoms with E-state index in [9.17, 15) is 9.59 Å². The van der Waals surface area contributed by atoms with E-state index in [0.717, 1.165) is 12.8 Å². The van der Waals surface area contributed by atoms with E-state index >= 15 is 0 Å². The third-order valence-corrected chi connectivity index (χ3v) is 4.33. The van der Waals surface area contributed by atoms with E-state index in [2.05, 4.69) is 17.5 Å². The molecule has 2 rings (SSSR count). The van der Waals surface area contributed by atoms with E-state index in [4.69, 9.17) is 4.74 Å². The summed E-state index contributed by atoms with van der Waals surface area (Å²) in [5, 5.41) is 2.94. The van der Waals surface area contributed by atoms with Crippen molar-refractivity contribution < 1.29 is 14.3 Å². The molecular weight excluding hydrogens is 316 g/mol. The maximum Gasteiger partial charge on any atom is 0.258 e. The minimum absolute atomic E-state index is 0.00408. The predicted octanol–water partition coefficient (Wildman–Crippen LogP) is 3.02. The maximum atomic E-state index is 13.0. The van der Waals surface area contributed by atoms with Crippen LogP contribution < -0.4 is 10.1 Å². The fourth-order valence-corrected chi connectivity index (χ4v) is 3.04. The topological polar surface area (TPSA) is 58.6 Å². The van der Waals surface area contributed by atoms with Crippen molar-refractivity contribution in [1.82, 2.24) is 10.2 Å². The Hall–Kier alpha value is -2.30. The second kappa shape index (κ2) is 8.70. The summed E-state index contributed by atoms with van der Waals surface area (Å²) in [5.41, 5.74) is 0.483. The van der Waals surface area contributed by atoms with Gasteiger partial charge in [-0.05, 0) is 31.4 Å². The molecule has 1 aromatic rings. The second-order valence-electron chi connectivity index (χ2n) is 6.82. The van der Waals surface area contributed by atoms with Gasteiger partial charge in [-0.3, -0.25) is 9.59 Å². The summed E-state index contributed by atoms with van der Waals surface area (Å²) in [6.07, 6.45) is 5.59. The number of rotatable bonds is 1. The summed E-state index contributed by atoms with van der Waals surface area (Å²) < 4.78 is 5.98. The van der Waals surface area contributed by atoms with Crippen LogP contribution in [0.2, 0.25) is 0 Å². The molecule has 0 saturated heterocycles. The summed E-state index contributed by atoms with van der Waals surface area (Å²) in [7, 11) is 1.68. The third-order valence-electron chi connectivity index (χ3n) is 4.33. The third kappa shape index (κ3) is 4.84. The lowest BCUT2D eigenvalue weighted by molar-refractivity contribution is -0.126. The van der Waals surface area contributed by atoms with Crippen molar-refractivity contribution >= 4 is 11.8 Å². The van der Waals surface area contributed by atoms with Crippen LogP contribution >= 0.6 is 0 Å². The van der Waals surface area contributed by atoms with Crippen LogP contribution in [-0.4, -0.2) is 42.5 Å². The number of hydrogen-bond donors (Lipinski definition) is 1. The molecule has 1 aromatic carbocycles. The predicted molar refractivity (Wildman–Crippen MR) is 98.6 cm³/mol. The van der Waals surface area contributed by atoms with Crippen LogP contribution in [0.5, 0.6) is 5.75 Å². The molecule has 25 heavy (non-hydrogen) atoms. The van der Waals surface area contributed by atoms with Gasteiger partial charge in [0.05, 0.1) is 11.7 Å². The Balaban J connectivity index is 2.39. The number of nitrogens with zero attached hydrogens (tertiary/aromatic N) is 1. The van der Waals surface area contributed by atoms with Crippen molar-refractivity contribution in [2.24, 2.45) is 5.92 Å². The Labute approximate surface area is 150 Å². The van der Waals surface area contributed by atoms with Gasteiger partial charge in [-0.1, -0.05) is 38.1 Å². The highest BCUT2D eigenvalue weighted by Crippen LogP contribution is 2.24. The molecule has 2 amide bonds. The molecule has 1 heterocycles. The first-order valence-electron chi connectivity index (χ1n) is 8.87. The molecule has 5 heteroatoms. The van der Waals surface area contributed by atoms with Gasteiger partial charge in [0, 0.05) is 20.0 Å². The summed E-state index contributed by atoms with van der Waals surface area (Å²) >= 11 is 0. The van der Waals surface area contributed by atoms with Crippen molar-refractivity contribution in [1.29, 1.82) is 0 Å². The number of benzene rings is 1. The van der Waals surface area contributed by atoms with E-state index in [1.54, 1.807) is 19.2 Å². The molecule has 2 atom stereocenters. The zero-order valence-electron chi connectivity index (χ0n) is 15.5. The quantitative estimate of drug-likeness (QED) is 0.797. The molecule has 136 valence electrons. The molecule has 1 N–H and O–H groups in total. The number of likely N-dealkylation sites (N-methyl/N-ethyl adjacent to an activating group) is 1. The molecule has 0 radical (unpaired) electrons. The Morgan fingerprint density at radius 2 is 1.92 bits per heavy atom. The van der Waals surface area contributed by atoms with Gasteiger partial charge >= 0.3 is 0 Å². The van der Waals surface area contributed by atoms with E-state index in [-0.39, 0.29) is 23.8 Å². The van der Waals surface area contributed by atoms with Crippen LogP contribution in [0, 0.1) is 5.92 Å². The minimum atomic E-state index is -0.523. The van der Waals surface area contributed by atoms with Gasteiger partial charge < -0.3 is 15.0 Å². The highest BCUT2D eigenvalue weighted by molar-refractivity contribution is 5.99. The number of nitrogens with one attached hydrogen (secondary N) is 1. The van der Waals surface area contributed by atoms with Gasteiger partial charge in [-0.15, -0.1) is 0 Å². The van der Waals surface area contributed by atoms with Gasteiger partial charge in [-0.25, -0.2) is 0 Å². The zero-order valence-corrected chi connectivity index (χ0v) is 15.5. The van der Waals surface area contributed by atoms with Gasteiger partial charge in [0.1, 0.15) is 11.8 Å². The van der Waals surface area contributed by atoms with Gasteiger partial charge in [0.2, 0.25) is 5.91 Å². The average molecular weight is 344 g/mol. The van der Waals surface area contributed by atoms with Crippen molar-refractivity contribution in [3.63, 3.8) is 0 Å². The zero-order chi connectivity index (χ0) is 18.4. The fourth-order valence-electron chi connectivity index (χ4n) is 3.04. The lowest BCUT2D eigenvalue weighted by Crippen LogP contribution is -2.50. The number of carbonyl (C=O) groups is 2. The standard InChI is InChI=1S/C20H28N2O3/c1-14(2)18-19(23)21-13-9-5-6-10-15(3)25-17-12-8-7-11-16(17)20(24)22(18)4/h5-8,11-12,14-15,18H,9-10,13H2,1-4H3,(H,21,23)/b6-5+/t15-,18+/m1/s1. The number of para-hydroxylation sites is 1. The molecule has 0 bridgehead atoms. The van der Waals surface area contributed by atoms with Gasteiger partial charge in [0.25, 0.3) is 5.91 Å². The lowest BCUT2D eigenvalue weighted by Gasteiger charge is -2.31. The summed E-state index contributed by atoms with van der Waals surface area (Å²) in [6, 6.07) is 6.69. The van der Waals surface area contributed by atoms with Crippen molar-refractivity contribution in [2.45, 2.75) is 45.8 Å². The van der Waals surface area contributed by atoms with Crippen LogP contribution in [0.4, 0.5) is 0 Å². The second-order valence-corrected chi connectivity index (χ2v) is 6.82. The average Bonchev–Trinajstić information content (AvgIpc) is 2.56.